The van der Waals surface area contributed by atoms with Gasteiger partial charge in [0.05, 0.1) is 28.3 Å². The molecule has 0 saturated carbocycles. The van der Waals surface area contributed by atoms with E-state index < -0.39 is 5.97 Å². The number of carbonyl (C=O) groups is 1. The van der Waals surface area contributed by atoms with Gasteiger partial charge in [0.2, 0.25) is 0 Å². The van der Waals surface area contributed by atoms with Crippen LogP contribution in [0.15, 0.2) is 47.4 Å². The highest BCUT2D eigenvalue weighted by atomic mass is 16.4. The molecule has 3 aromatic rings. The second kappa shape index (κ2) is 3.66. The molecule has 5 heteroatoms. The molecule has 0 radical (unpaired) electrons. The predicted octanol–water partition coefficient (Wildman–Crippen LogP) is 1.55. The zero-order valence-electron chi connectivity index (χ0n) is 9.20. The summed E-state index contributed by atoms with van der Waals surface area (Å²) in [6, 6.07) is 9.76. The lowest BCUT2D eigenvalue weighted by atomic mass is 10.2. The molecule has 0 bridgehead atoms. The highest BCUT2D eigenvalue weighted by Gasteiger charge is 2.08. The molecule has 0 aliphatic carbocycles. The van der Waals surface area contributed by atoms with Crippen molar-refractivity contribution in [2.24, 2.45) is 0 Å². The Morgan fingerprint density at radius 3 is 2.78 bits per heavy atom. The van der Waals surface area contributed by atoms with E-state index in [0.717, 1.165) is 6.07 Å². The Kier molecular flexibility index (Phi) is 2.13. The van der Waals surface area contributed by atoms with Crippen molar-refractivity contribution < 1.29 is 9.90 Å². The molecular weight excluding hydrogens is 232 g/mol. The first-order chi connectivity index (χ1) is 8.66. The minimum absolute atomic E-state index is 0.0305. The number of hydrogen-bond acceptors (Lipinski definition) is 3. The topological polar surface area (TPSA) is 71.7 Å². The summed E-state index contributed by atoms with van der Waals surface area (Å²) in [6.07, 6.45) is 1.50. The van der Waals surface area contributed by atoms with Crippen LogP contribution >= 0.6 is 0 Å². The van der Waals surface area contributed by atoms with Crippen LogP contribution in [-0.2, 0) is 0 Å². The molecular formula is C13H8N2O3. The Labute approximate surface area is 101 Å². The Morgan fingerprint density at radius 1 is 1.22 bits per heavy atom. The van der Waals surface area contributed by atoms with Gasteiger partial charge in [0.1, 0.15) is 0 Å². The summed E-state index contributed by atoms with van der Waals surface area (Å²) in [5, 5.41) is 8.91. The van der Waals surface area contributed by atoms with E-state index in [9.17, 15) is 9.59 Å². The standard InChI is InChI=1S/C13H8N2O3/c16-12-6-8(13(17)18)5-9-7-14-10-3-1-2-4-11(10)15(9)12/h1-7H,(H,17,18). The van der Waals surface area contributed by atoms with Gasteiger partial charge in [0.15, 0.2) is 0 Å². The second-order valence-electron chi connectivity index (χ2n) is 3.89. The molecule has 0 atom stereocenters. The number of para-hydroxylation sites is 2. The molecule has 0 aliphatic heterocycles. The number of aromatic nitrogens is 2. The number of nitrogens with zero attached hydrogens (tertiary/aromatic N) is 2. The largest absolute Gasteiger partial charge is 0.478 e. The van der Waals surface area contributed by atoms with Gasteiger partial charge in [-0.1, -0.05) is 12.1 Å². The average molecular weight is 240 g/mol. The van der Waals surface area contributed by atoms with Crippen molar-refractivity contribution in [2.75, 3.05) is 0 Å². The molecule has 0 fully saturated rings. The van der Waals surface area contributed by atoms with Gasteiger partial charge < -0.3 is 5.11 Å². The quantitative estimate of drug-likeness (QED) is 0.655. The van der Waals surface area contributed by atoms with Crippen molar-refractivity contribution in [2.45, 2.75) is 0 Å². The summed E-state index contributed by atoms with van der Waals surface area (Å²) in [5.41, 5.74) is 1.42. The lowest BCUT2D eigenvalue weighted by molar-refractivity contribution is 0.0696. The number of fused-ring (bicyclic) bond motifs is 3. The van der Waals surface area contributed by atoms with Crippen LogP contribution in [0.25, 0.3) is 16.6 Å². The van der Waals surface area contributed by atoms with Crippen molar-refractivity contribution in [1.29, 1.82) is 0 Å². The number of rotatable bonds is 1. The molecule has 1 aromatic carbocycles. The zero-order valence-corrected chi connectivity index (χ0v) is 9.20. The van der Waals surface area contributed by atoms with Crippen LogP contribution in [0.3, 0.4) is 0 Å². The minimum atomic E-state index is -1.12. The maximum absolute atomic E-state index is 12.0. The monoisotopic (exact) mass is 240 g/mol. The van der Waals surface area contributed by atoms with Gasteiger partial charge in [-0.25, -0.2) is 4.79 Å². The van der Waals surface area contributed by atoms with E-state index >= 15 is 0 Å². The molecule has 0 aliphatic rings. The van der Waals surface area contributed by atoms with E-state index in [1.165, 1.54) is 16.7 Å². The molecule has 0 spiro atoms. The molecule has 2 aromatic heterocycles. The summed E-state index contributed by atoms with van der Waals surface area (Å²) in [5.74, 6) is -1.12. The smallest absolute Gasteiger partial charge is 0.335 e. The first-order valence-electron chi connectivity index (χ1n) is 5.31. The van der Waals surface area contributed by atoms with E-state index in [2.05, 4.69) is 4.98 Å². The van der Waals surface area contributed by atoms with Crippen molar-refractivity contribution in [3.05, 3.63) is 58.5 Å². The van der Waals surface area contributed by atoms with E-state index in [4.69, 9.17) is 5.11 Å². The van der Waals surface area contributed by atoms with Crippen molar-refractivity contribution >= 4 is 22.5 Å². The minimum Gasteiger partial charge on any atom is -0.478 e. The van der Waals surface area contributed by atoms with Crippen molar-refractivity contribution in [1.82, 2.24) is 9.38 Å². The van der Waals surface area contributed by atoms with Crippen LogP contribution in [0.1, 0.15) is 10.4 Å². The van der Waals surface area contributed by atoms with Gasteiger partial charge in [-0.3, -0.25) is 14.2 Å². The van der Waals surface area contributed by atoms with Crippen LogP contribution in [0, 0.1) is 0 Å². The molecule has 88 valence electrons. The van der Waals surface area contributed by atoms with Crippen LogP contribution in [0.2, 0.25) is 0 Å². The molecule has 5 nitrogen and oxygen atoms in total. The van der Waals surface area contributed by atoms with Crippen LogP contribution in [0.5, 0.6) is 0 Å². The second-order valence-corrected chi connectivity index (χ2v) is 3.89. The number of benzene rings is 1. The third-order valence-electron chi connectivity index (χ3n) is 2.77. The first kappa shape index (κ1) is 10.5. The molecule has 0 unspecified atom stereocenters. The molecule has 18 heavy (non-hydrogen) atoms. The maximum Gasteiger partial charge on any atom is 0.335 e. The van der Waals surface area contributed by atoms with Crippen LogP contribution < -0.4 is 5.56 Å². The fourth-order valence-corrected chi connectivity index (χ4v) is 1.96. The number of aromatic carboxylic acids is 1. The summed E-state index contributed by atoms with van der Waals surface area (Å²) < 4.78 is 1.45. The van der Waals surface area contributed by atoms with Gasteiger partial charge in [-0.15, -0.1) is 0 Å². The number of hydrogen-bond donors (Lipinski definition) is 1. The summed E-state index contributed by atoms with van der Waals surface area (Å²) in [6.45, 7) is 0. The molecule has 1 N–H and O–H groups in total. The Bertz CT molecular complexity index is 836. The Hall–Kier alpha value is -2.69. The highest BCUT2D eigenvalue weighted by Crippen LogP contribution is 2.13. The molecule has 0 saturated heterocycles. The molecule has 0 amide bonds. The van der Waals surface area contributed by atoms with E-state index in [-0.39, 0.29) is 11.1 Å². The van der Waals surface area contributed by atoms with Crippen molar-refractivity contribution in [3.8, 4) is 0 Å². The number of pyridine rings is 1. The third-order valence-corrected chi connectivity index (χ3v) is 2.77. The summed E-state index contributed by atoms with van der Waals surface area (Å²) in [4.78, 5) is 27.1. The fraction of sp³-hybridized carbons (Fsp3) is 0. The van der Waals surface area contributed by atoms with Gasteiger partial charge >= 0.3 is 5.97 Å². The Morgan fingerprint density at radius 2 is 2.00 bits per heavy atom. The van der Waals surface area contributed by atoms with Gasteiger partial charge in [0, 0.05) is 6.07 Å². The zero-order chi connectivity index (χ0) is 12.7. The van der Waals surface area contributed by atoms with Gasteiger partial charge in [-0.2, -0.15) is 0 Å². The Balaban J connectivity index is 2.53. The van der Waals surface area contributed by atoms with Gasteiger partial charge in [-0.05, 0) is 18.2 Å². The molecule has 2 heterocycles. The van der Waals surface area contributed by atoms with Crippen LogP contribution in [-0.4, -0.2) is 20.5 Å². The summed E-state index contributed by atoms with van der Waals surface area (Å²) in [7, 11) is 0. The average Bonchev–Trinajstić information content (AvgIpc) is 2.37. The summed E-state index contributed by atoms with van der Waals surface area (Å²) >= 11 is 0. The highest BCUT2D eigenvalue weighted by molar-refractivity contribution is 5.89. The first-order valence-corrected chi connectivity index (χ1v) is 5.31. The fourth-order valence-electron chi connectivity index (χ4n) is 1.96. The van der Waals surface area contributed by atoms with E-state index in [1.54, 1.807) is 18.2 Å². The maximum atomic E-state index is 12.0. The predicted molar refractivity (Wildman–Crippen MR) is 65.9 cm³/mol. The SMILES string of the molecule is O=C(O)c1cc(=O)n2c(cnc3ccccc32)c1. The lowest BCUT2D eigenvalue weighted by Gasteiger charge is -2.05. The number of carboxylic acid groups (broad SMARTS) is 1. The van der Waals surface area contributed by atoms with Gasteiger partial charge in [0.25, 0.3) is 5.56 Å². The molecule has 3 rings (SSSR count). The van der Waals surface area contributed by atoms with Crippen molar-refractivity contribution in [3.63, 3.8) is 0 Å². The number of carboxylic acids is 1. The van der Waals surface area contributed by atoms with Crippen LogP contribution in [0.4, 0.5) is 0 Å². The van der Waals surface area contributed by atoms with E-state index in [0.29, 0.717) is 16.6 Å². The third kappa shape index (κ3) is 1.45. The van der Waals surface area contributed by atoms with E-state index in [1.807, 2.05) is 6.07 Å². The lowest BCUT2D eigenvalue weighted by Crippen LogP contribution is -2.16. The normalized spacial score (nSPS) is 10.9.